The SMILES string of the molecule is C/C(=N/NC(=O)COc1ccccc1F)c1cc2ccccc2o1. The number of hydrogen-bond donors (Lipinski definition) is 1. The highest BCUT2D eigenvalue weighted by molar-refractivity contribution is 6.00. The van der Waals surface area contributed by atoms with E-state index in [1.54, 1.807) is 19.1 Å². The lowest BCUT2D eigenvalue weighted by Crippen LogP contribution is -2.25. The van der Waals surface area contributed by atoms with E-state index >= 15 is 0 Å². The van der Waals surface area contributed by atoms with E-state index < -0.39 is 11.7 Å². The number of nitrogens with one attached hydrogen (secondary N) is 1. The van der Waals surface area contributed by atoms with E-state index in [9.17, 15) is 9.18 Å². The number of benzene rings is 2. The zero-order valence-corrected chi connectivity index (χ0v) is 13.0. The maximum absolute atomic E-state index is 13.4. The lowest BCUT2D eigenvalue weighted by atomic mass is 10.2. The van der Waals surface area contributed by atoms with Crippen LogP contribution in [-0.2, 0) is 4.79 Å². The summed E-state index contributed by atoms with van der Waals surface area (Å²) in [6, 6.07) is 15.3. The van der Waals surface area contributed by atoms with Crippen LogP contribution in [0.1, 0.15) is 12.7 Å². The molecule has 0 aliphatic heterocycles. The van der Waals surface area contributed by atoms with Gasteiger partial charge in [-0.3, -0.25) is 4.79 Å². The molecule has 0 saturated heterocycles. The predicted octanol–water partition coefficient (Wildman–Crippen LogP) is 3.49. The van der Waals surface area contributed by atoms with Crippen molar-refractivity contribution in [2.24, 2.45) is 5.10 Å². The lowest BCUT2D eigenvalue weighted by molar-refractivity contribution is -0.123. The van der Waals surface area contributed by atoms with Gasteiger partial charge in [-0.25, -0.2) is 9.82 Å². The Hall–Kier alpha value is -3.15. The van der Waals surface area contributed by atoms with Crippen LogP contribution in [0, 0.1) is 5.82 Å². The minimum Gasteiger partial charge on any atom is -0.481 e. The number of amides is 1. The molecule has 1 heterocycles. The molecule has 0 radical (unpaired) electrons. The molecule has 0 fully saturated rings. The summed E-state index contributed by atoms with van der Waals surface area (Å²) in [5.41, 5.74) is 3.62. The summed E-state index contributed by atoms with van der Waals surface area (Å²) in [6.07, 6.45) is 0. The molecule has 6 heteroatoms. The van der Waals surface area contributed by atoms with Gasteiger partial charge in [-0.1, -0.05) is 30.3 Å². The molecule has 0 aliphatic carbocycles. The number of carbonyl (C=O) groups is 1. The molecular weight excluding hydrogens is 311 g/mol. The predicted molar refractivity (Wildman–Crippen MR) is 88.5 cm³/mol. The highest BCUT2D eigenvalue weighted by Crippen LogP contribution is 2.19. The van der Waals surface area contributed by atoms with Crippen molar-refractivity contribution in [3.8, 4) is 5.75 Å². The molecule has 0 bridgehead atoms. The van der Waals surface area contributed by atoms with Crippen molar-refractivity contribution in [3.05, 3.63) is 66.2 Å². The molecule has 0 unspecified atom stereocenters. The molecule has 1 N–H and O–H groups in total. The van der Waals surface area contributed by atoms with E-state index in [1.807, 2.05) is 30.3 Å². The lowest BCUT2D eigenvalue weighted by Gasteiger charge is -2.05. The first-order chi connectivity index (χ1) is 11.6. The summed E-state index contributed by atoms with van der Waals surface area (Å²) in [5, 5.41) is 4.93. The van der Waals surface area contributed by atoms with Crippen molar-refractivity contribution in [1.29, 1.82) is 0 Å². The van der Waals surface area contributed by atoms with Crippen molar-refractivity contribution in [3.63, 3.8) is 0 Å². The summed E-state index contributed by atoms with van der Waals surface area (Å²) in [6.45, 7) is 1.38. The largest absolute Gasteiger partial charge is 0.481 e. The first kappa shape index (κ1) is 15.7. The third-order valence-electron chi connectivity index (χ3n) is 3.33. The standard InChI is InChI=1S/C18H15FN2O3/c1-12(17-10-13-6-2-4-8-15(13)24-17)20-21-18(22)11-23-16-9-5-3-7-14(16)19/h2-10H,11H2,1H3,(H,21,22)/b20-12-. The van der Waals surface area contributed by atoms with Crippen LogP contribution >= 0.6 is 0 Å². The minimum atomic E-state index is -0.521. The molecule has 1 aromatic heterocycles. The zero-order valence-electron chi connectivity index (χ0n) is 13.0. The first-order valence-corrected chi connectivity index (χ1v) is 7.33. The smallest absolute Gasteiger partial charge is 0.277 e. The second kappa shape index (κ2) is 6.95. The van der Waals surface area contributed by atoms with Gasteiger partial charge in [-0.05, 0) is 31.2 Å². The fraction of sp³-hybridized carbons (Fsp3) is 0.111. The number of halogens is 1. The van der Waals surface area contributed by atoms with Crippen LogP contribution in [0.3, 0.4) is 0 Å². The Morgan fingerprint density at radius 2 is 1.96 bits per heavy atom. The summed E-state index contributed by atoms with van der Waals surface area (Å²) >= 11 is 0. The van der Waals surface area contributed by atoms with E-state index in [2.05, 4.69) is 10.5 Å². The van der Waals surface area contributed by atoms with Crippen LogP contribution < -0.4 is 10.2 Å². The number of carbonyl (C=O) groups excluding carboxylic acids is 1. The van der Waals surface area contributed by atoms with Crippen molar-refractivity contribution in [1.82, 2.24) is 5.43 Å². The normalized spacial score (nSPS) is 11.5. The molecule has 0 aliphatic rings. The van der Waals surface area contributed by atoms with Crippen molar-refractivity contribution < 1.29 is 18.3 Å². The van der Waals surface area contributed by atoms with Gasteiger partial charge in [0.25, 0.3) is 5.91 Å². The Bertz CT molecular complexity index is 869. The molecule has 0 spiro atoms. The Labute approximate surface area is 137 Å². The van der Waals surface area contributed by atoms with E-state index in [0.29, 0.717) is 11.5 Å². The van der Waals surface area contributed by atoms with Crippen LogP contribution in [0.4, 0.5) is 4.39 Å². The Kier molecular flexibility index (Phi) is 4.56. The van der Waals surface area contributed by atoms with Gasteiger partial charge in [0.15, 0.2) is 23.9 Å². The van der Waals surface area contributed by atoms with Gasteiger partial charge in [0.05, 0.1) is 0 Å². The van der Waals surface area contributed by atoms with Gasteiger partial charge in [-0.2, -0.15) is 5.10 Å². The van der Waals surface area contributed by atoms with Crippen molar-refractivity contribution in [2.75, 3.05) is 6.61 Å². The summed E-state index contributed by atoms with van der Waals surface area (Å²) in [4.78, 5) is 11.7. The third kappa shape index (κ3) is 3.60. The van der Waals surface area contributed by atoms with Crippen LogP contribution in [0.5, 0.6) is 5.75 Å². The second-order valence-corrected chi connectivity index (χ2v) is 5.10. The average molecular weight is 326 g/mol. The molecular formula is C18H15FN2O3. The minimum absolute atomic E-state index is 0.0191. The van der Waals surface area contributed by atoms with Gasteiger partial charge in [0.1, 0.15) is 11.3 Å². The molecule has 24 heavy (non-hydrogen) atoms. The van der Waals surface area contributed by atoms with Gasteiger partial charge in [0.2, 0.25) is 0 Å². The Morgan fingerprint density at radius 3 is 2.75 bits per heavy atom. The van der Waals surface area contributed by atoms with Gasteiger partial charge < -0.3 is 9.15 Å². The highest BCUT2D eigenvalue weighted by Gasteiger charge is 2.08. The number of rotatable bonds is 5. The maximum Gasteiger partial charge on any atom is 0.277 e. The number of ether oxygens (including phenoxy) is 1. The fourth-order valence-corrected chi connectivity index (χ4v) is 2.10. The summed E-state index contributed by atoms with van der Waals surface area (Å²) in [5.74, 6) is -0.432. The number of hydrazone groups is 1. The molecule has 1 amide bonds. The molecule has 0 saturated carbocycles. The number of hydrogen-bond acceptors (Lipinski definition) is 4. The second-order valence-electron chi connectivity index (χ2n) is 5.10. The monoisotopic (exact) mass is 326 g/mol. The number of furan rings is 1. The van der Waals surface area contributed by atoms with Crippen molar-refractivity contribution >= 4 is 22.6 Å². The third-order valence-corrected chi connectivity index (χ3v) is 3.33. The first-order valence-electron chi connectivity index (χ1n) is 7.33. The molecule has 3 rings (SSSR count). The number of fused-ring (bicyclic) bond motifs is 1. The Balaban J connectivity index is 1.60. The quantitative estimate of drug-likeness (QED) is 0.576. The zero-order chi connectivity index (χ0) is 16.9. The van der Waals surface area contributed by atoms with Gasteiger partial charge in [0, 0.05) is 5.39 Å². The molecule has 3 aromatic rings. The van der Waals surface area contributed by atoms with E-state index in [1.165, 1.54) is 12.1 Å². The van der Waals surface area contributed by atoms with E-state index in [4.69, 9.17) is 9.15 Å². The average Bonchev–Trinajstić information content (AvgIpc) is 3.03. The van der Waals surface area contributed by atoms with Gasteiger partial charge >= 0.3 is 0 Å². The van der Waals surface area contributed by atoms with Crippen LogP contribution in [0.2, 0.25) is 0 Å². The van der Waals surface area contributed by atoms with Gasteiger partial charge in [-0.15, -0.1) is 0 Å². The summed E-state index contributed by atoms with van der Waals surface area (Å²) in [7, 11) is 0. The summed E-state index contributed by atoms with van der Waals surface area (Å²) < 4.78 is 24.1. The molecule has 0 atom stereocenters. The number of para-hydroxylation sites is 2. The van der Waals surface area contributed by atoms with E-state index in [-0.39, 0.29) is 12.4 Å². The molecule has 122 valence electrons. The van der Waals surface area contributed by atoms with Crippen LogP contribution in [0.25, 0.3) is 11.0 Å². The van der Waals surface area contributed by atoms with Crippen LogP contribution in [-0.4, -0.2) is 18.2 Å². The maximum atomic E-state index is 13.4. The topological polar surface area (TPSA) is 63.8 Å². The fourth-order valence-electron chi connectivity index (χ4n) is 2.10. The molecule has 5 nitrogen and oxygen atoms in total. The van der Waals surface area contributed by atoms with Crippen molar-refractivity contribution in [2.45, 2.75) is 6.92 Å². The van der Waals surface area contributed by atoms with Crippen LogP contribution in [0.15, 0.2) is 64.1 Å². The Morgan fingerprint density at radius 1 is 1.21 bits per heavy atom. The number of nitrogens with zero attached hydrogens (tertiary/aromatic N) is 1. The molecule has 2 aromatic carbocycles. The highest BCUT2D eigenvalue weighted by atomic mass is 19.1. The van der Waals surface area contributed by atoms with E-state index in [0.717, 1.165) is 11.0 Å².